The zero-order valence-corrected chi connectivity index (χ0v) is 22.0. The van der Waals surface area contributed by atoms with Crippen molar-refractivity contribution in [2.45, 2.75) is 24.2 Å². The summed E-state index contributed by atoms with van der Waals surface area (Å²) in [7, 11) is -3.06. The van der Waals surface area contributed by atoms with Gasteiger partial charge in [0.15, 0.2) is 0 Å². The number of aryl methyl sites for hydroxylation is 1. The Morgan fingerprint density at radius 2 is 1.49 bits per heavy atom. The van der Waals surface area contributed by atoms with Gasteiger partial charge in [-0.1, -0.05) is 30.3 Å². The maximum absolute atomic E-state index is 12.6. The van der Waals surface area contributed by atoms with Crippen LogP contribution < -0.4 is 15.4 Å². The van der Waals surface area contributed by atoms with Gasteiger partial charge in [0.1, 0.15) is 12.2 Å². The van der Waals surface area contributed by atoms with Crippen LogP contribution in [0.25, 0.3) is 0 Å². The van der Waals surface area contributed by atoms with Crippen molar-refractivity contribution in [3.05, 3.63) is 95.3 Å². The third-order valence-electron chi connectivity index (χ3n) is 5.55. The molecular formula is C27H28N4O7S. The SMILES string of the molecule is COC(=O)CNC(=O)c1ccc(C(=O)NS(=O)(=O)c2ccc(C(=O)NCCCCc3ccccc3)cc2)cn1. The number of rotatable bonds is 12. The van der Waals surface area contributed by atoms with Crippen molar-refractivity contribution >= 4 is 33.7 Å². The molecule has 3 N–H and O–H groups in total. The summed E-state index contributed by atoms with van der Waals surface area (Å²) in [6, 6.07) is 17.7. The van der Waals surface area contributed by atoms with E-state index in [1.807, 2.05) is 22.9 Å². The first-order valence-corrected chi connectivity index (χ1v) is 13.5. The maximum atomic E-state index is 12.6. The minimum absolute atomic E-state index is 0.0802. The van der Waals surface area contributed by atoms with Gasteiger partial charge in [-0.05, 0) is 61.2 Å². The first-order valence-electron chi connectivity index (χ1n) is 12.0. The second-order valence-corrected chi connectivity index (χ2v) is 10.0. The third kappa shape index (κ3) is 8.75. The van der Waals surface area contributed by atoms with Gasteiger partial charge in [0, 0.05) is 18.3 Å². The zero-order valence-electron chi connectivity index (χ0n) is 21.2. The maximum Gasteiger partial charge on any atom is 0.325 e. The van der Waals surface area contributed by atoms with Crippen molar-refractivity contribution in [1.82, 2.24) is 20.3 Å². The molecule has 0 spiro atoms. The van der Waals surface area contributed by atoms with Gasteiger partial charge in [0.05, 0.1) is 17.6 Å². The Morgan fingerprint density at radius 3 is 2.13 bits per heavy atom. The number of carbonyl (C=O) groups is 4. The number of benzene rings is 2. The van der Waals surface area contributed by atoms with Gasteiger partial charge in [-0.2, -0.15) is 0 Å². The molecule has 3 rings (SSSR count). The molecule has 0 bridgehead atoms. The number of esters is 1. The number of carbonyl (C=O) groups excluding carboxylic acids is 4. The molecule has 0 aliphatic rings. The van der Waals surface area contributed by atoms with Crippen molar-refractivity contribution in [2.24, 2.45) is 0 Å². The van der Waals surface area contributed by atoms with Crippen molar-refractivity contribution in [1.29, 1.82) is 0 Å². The number of pyridine rings is 1. The highest BCUT2D eigenvalue weighted by atomic mass is 32.2. The van der Waals surface area contributed by atoms with Crippen LogP contribution in [-0.4, -0.2) is 57.3 Å². The van der Waals surface area contributed by atoms with Gasteiger partial charge in [0.25, 0.3) is 27.7 Å². The highest BCUT2D eigenvalue weighted by molar-refractivity contribution is 7.90. The van der Waals surface area contributed by atoms with Crippen LogP contribution in [0.1, 0.15) is 49.6 Å². The van der Waals surface area contributed by atoms with Gasteiger partial charge in [-0.3, -0.25) is 24.2 Å². The summed E-state index contributed by atoms with van der Waals surface area (Å²) in [6.07, 6.45) is 3.67. The minimum Gasteiger partial charge on any atom is -0.468 e. The number of unbranched alkanes of at least 4 members (excludes halogenated alkanes) is 1. The van der Waals surface area contributed by atoms with Crippen molar-refractivity contribution in [3.63, 3.8) is 0 Å². The van der Waals surface area contributed by atoms with Crippen LogP contribution in [0, 0.1) is 0 Å². The molecule has 204 valence electrons. The van der Waals surface area contributed by atoms with E-state index in [-0.39, 0.29) is 34.2 Å². The number of sulfonamides is 1. The molecule has 12 heteroatoms. The van der Waals surface area contributed by atoms with Gasteiger partial charge < -0.3 is 15.4 Å². The Morgan fingerprint density at radius 1 is 0.795 bits per heavy atom. The Bertz CT molecular complexity index is 1410. The number of ether oxygens (including phenoxy) is 1. The first-order chi connectivity index (χ1) is 18.7. The Labute approximate surface area is 226 Å². The lowest BCUT2D eigenvalue weighted by atomic mass is 10.1. The van der Waals surface area contributed by atoms with Crippen molar-refractivity contribution in [2.75, 3.05) is 20.2 Å². The van der Waals surface area contributed by atoms with Crippen LogP contribution in [0.2, 0.25) is 0 Å². The first kappa shape index (κ1) is 29.0. The molecule has 0 saturated carbocycles. The molecule has 1 heterocycles. The largest absolute Gasteiger partial charge is 0.468 e. The number of nitrogens with zero attached hydrogens (tertiary/aromatic N) is 1. The van der Waals surface area contributed by atoms with Crippen LogP contribution in [0.15, 0.2) is 77.8 Å². The van der Waals surface area contributed by atoms with E-state index in [1.54, 1.807) is 0 Å². The molecule has 3 aromatic rings. The average molecular weight is 553 g/mol. The molecule has 11 nitrogen and oxygen atoms in total. The molecule has 0 aliphatic heterocycles. The lowest BCUT2D eigenvalue weighted by Gasteiger charge is -2.09. The molecule has 0 unspecified atom stereocenters. The fourth-order valence-corrected chi connectivity index (χ4v) is 4.38. The number of methoxy groups -OCH3 is 1. The summed E-state index contributed by atoms with van der Waals surface area (Å²) >= 11 is 0. The number of hydrogen-bond acceptors (Lipinski definition) is 8. The van der Waals surface area contributed by atoms with Crippen LogP contribution >= 0.6 is 0 Å². The van der Waals surface area contributed by atoms with Crippen LogP contribution in [-0.2, 0) is 26.0 Å². The Balaban J connectivity index is 1.49. The summed E-state index contributed by atoms with van der Waals surface area (Å²) in [5.74, 6) is -2.60. The standard InChI is InChI=1S/C27H28N4O7S/c1-38-24(32)18-30-27(35)23-15-12-21(17-29-23)26(34)31-39(36,37)22-13-10-20(11-14-22)25(33)28-16-6-5-9-19-7-3-2-4-8-19/h2-4,7-8,10-15,17H,5-6,9,16,18H2,1H3,(H,28,33)(H,30,35)(H,31,34). The van der Waals surface area contributed by atoms with E-state index < -0.39 is 27.8 Å². The van der Waals surface area contributed by atoms with Crippen LogP contribution in [0.4, 0.5) is 0 Å². The predicted octanol–water partition coefficient (Wildman–Crippen LogP) is 1.86. The molecular weight excluding hydrogens is 524 g/mol. The lowest BCUT2D eigenvalue weighted by molar-refractivity contribution is -0.139. The fourth-order valence-electron chi connectivity index (χ4n) is 3.41. The van der Waals surface area contributed by atoms with E-state index in [0.29, 0.717) is 6.54 Å². The zero-order chi connectivity index (χ0) is 28.3. The van der Waals surface area contributed by atoms with E-state index in [4.69, 9.17) is 0 Å². The number of hydrogen-bond donors (Lipinski definition) is 3. The summed E-state index contributed by atoms with van der Waals surface area (Å²) in [4.78, 5) is 51.5. The van der Waals surface area contributed by atoms with E-state index in [0.717, 1.165) is 25.5 Å². The summed E-state index contributed by atoms with van der Waals surface area (Å²) < 4.78 is 31.6. The van der Waals surface area contributed by atoms with Gasteiger partial charge >= 0.3 is 5.97 Å². The van der Waals surface area contributed by atoms with Crippen LogP contribution in [0.5, 0.6) is 0 Å². The number of nitrogens with one attached hydrogen (secondary N) is 3. The molecule has 0 aliphatic carbocycles. The molecule has 0 radical (unpaired) electrons. The van der Waals surface area contributed by atoms with Gasteiger partial charge in [-0.15, -0.1) is 0 Å². The summed E-state index contributed by atoms with van der Waals surface area (Å²) in [5.41, 5.74) is 1.34. The number of aromatic nitrogens is 1. The summed E-state index contributed by atoms with van der Waals surface area (Å²) in [6.45, 7) is 0.133. The van der Waals surface area contributed by atoms with Crippen LogP contribution in [0.3, 0.4) is 0 Å². The second kappa shape index (κ2) is 13.8. The Kier molecular flexibility index (Phi) is 10.3. The van der Waals surface area contributed by atoms with E-state index >= 15 is 0 Å². The third-order valence-corrected chi connectivity index (χ3v) is 6.90. The monoisotopic (exact) mass is 552 g/mol. The molecule has 0 atom stereocenters. The Hall–Kier alpha value is -4.58. The predicted molar refractivity (Wildman–Crippen MR) is 141 cm³/mol. The van der Waals surface area contributed by atoms with Crippen molar-refractivity contribution < 1.29 is 32.3 Å². The second-order valence-electron chi connectivity index (χ2n) is 8.35. The molecule has 0 saturated heterocycles. The topological polar surface area (TPSA) is 161 Å². The summed E-state index contributed by atoms with van der Waals surface area (Å²) in [5, 5.41) is 5.10. The highest BCUT2D eigenvalue weighted by Crippen LogP contribution is 2.12. The number of amides is 3. The van der Waals surface area contributed by atoms with E-state index in [9.17, 15) is 27.6 Å². The van der Waals surface area contributed by atoms with Gasteiger partial charge in [-0.25, -0.2) is 13.1 Å². The minimum atomic E-state index is -4.24. The van der Waals surface area contributed by atoms with Gasteiger partial charge in [0.2, 0.25) is 0 Å². The van der Waals surface area contributed by atoms with E-state index in [1.165, 1.54) is 49.1 Å². The highest BCUT2D eigenvalue weighted by Gasteiger charge is 2.20. The van der Waals surface area contributed by atoms with E-state index in [2.05, 4.69) is 32.5 Å². The molecule has 1 aromatic heterocycles. The normalized spacial score (nSPS) is 10.8. The molecule has 3 amide bonds. The fraction of sp³-hybridized carbons (Fsp3) is 0.222. The average Bonchev–Trinajstić information content (AvgIpc) is 2.95. The van der Waals surface area contributed by atoms with Crippen molar-refractivity contribution in [3.8, 4) is 0 Å². The lowest BCUT2D eigenvalue weighted by Crippen LogP contribution is -2.32. The molecule has 0 fully saturated rings. The quantitative estimate of drug-likeness (QED) is 0.227. The smallest absolute Gasteiger partial charge is 0.325 e. The molecule has 39 heavy (non-hydrogen) atoms. The molecule has 2 aromatic carbocycles.